The first kappa shape index (κ1) is 5.25. The van der Waals surface area contributed by atoms with E-state index < -0.39 is 0 Å². The summed E-state index contributed by atoms with van der Waals surface area (Å²) in [5, 5.41) is 0. The van der Waals surface area contributed by atoms with Gasteiger partial charge in [0, 0.05) is 0 Å². The normalized spacial score (nSPS) is 9.60. The molecule has 0 radical (unpaired) electrons. The first-order valence-corrected chi connectivity index (χ1v) is 2.01. The lowest BCUT2D eigenvalue weighted by Crippen LogP contribution is -2.06. The zero-order valence-corrected chi connectivity index (χ0v) is 4.29. The van der Waals surface area contributed by atoms with Crippen LogP contribution in [0.25, 0.3) is 0 Å². The van der Waals surface area contributed by atoms with Gasteiger partial charge in [0.1, 0.15) is 0 Å². The Balaban J connectivity index is 2.54. The number of halogens is 1. The van der Waals surface area contributed by atoms with Crippen LogP contribution in [0.3, 0.4) is 0 Å². The Kier molecular flexibility index (Phi) is 2.61. The third-order valence-electron chi connectivity index (χ3n) is 0.239. The molecule has 0 aromatic rings. The molecular weight excluding hydrogens is 85.5 g/mol. The number of alkyl halides is 1. The van der Waals surface area contributed by atoms with Gasteiger partial charge in [0.15, 0.2) is 0 Å². The van der Waals surface area contributed by atoms with Crippen molar-refractivity contribution in [3.8, 4) is 0 Å². The zero-order valence-electron chi connectivity index (χ0n) is 3.53. The van der Waals surface area contributed by atoms with Crippen LogP contribution >= 0.6 is 11.6 Å². The van der Waals surface area contributed by atoms with E-state index in [2.05, 4.69) is 0 Å². The predicted molar refractivity (Wildman–Crippen MR) is 24.4 cm³/mol. The van der Waals surface area contributed by atoms with Crippen molar-refractivity contribution in [3.05, 3.63) is 0 Å². The summed E-state index contributed by atoms with van der Waals surface area (Å²) in [7, 11) is 3.85. The highest BCUT2D eigenvalue weighted by molar-refractivity contribution is 6.17. The van der Waals surface area contributed by atoms with Crippen molar-refractivity contribution in [2.24, 2.45) is 0 Å². The molecule has 2 heteroatoms. The SMILES string of the molecule is CN(C)CCl. The molecule has 0 aliphatic heterocycles. The van der Waals surface area contributed by atoms with Crippen LogP contribution in [-0.2, 0) is 0 Å². The maximum absolute atomic E-state index is 5.26. The maximum atomic E-state index is 5.26. The molecule has 0 atom stereocenters. The average Bonchev–Trinajstić information content (AvgIpc) is 1.38. The molecule has 5 heavy (non-hydrogen) atoms. The van der Waals surface area contributed by atoms with Gasteiger partial charge < -0.3 is 0 Å². The van der Waals surface area contributed by atoms with Crippen LogP contribution < -0.4 is 0 Å². The summed E-state index contributed by atoms with van der Waals surface area (Å²) in [5.74, 6) is 0. The Labute approximate surface area is 37.5 Å². The predicted octanol–water partition coefficient (Wildman–Crippen LogP) is 0.744. The van der Waals surface area contributed by atoms with E-state index in [0.29, 0.717) is 6.00 Å². The van der Waals surface area contributed by atoms with Gasteiger partial charge in [-0.25, -0.2) is 0 Å². The third-order valence-corrected chi connectivity index (χ3v) is 0.717. The highest BCUT2D eigenvalue weighted by Gasteiger charge is 1.74. The molecule has 0 aliphatic carbocycles. The van der Waals surface area contributed by atoms with Gasteiger partial charge in [-0.15, -0.1) is 11.6 Å². The van der Waals surface area contributed by atoms with E-state index in [4.69, 9.17) is 11.6 Å². The van der Waals surface area contributed by atoms with Crippen LogP contribution in [0, 0.1) is 0 Å². The largest absolute Gasteiger partial charge is 0.296 e. The third kappa shape index (κ3) is 4.25. The van der Waals surface area contributed by atoms with Crippen LogP contribution in [0.1, 0.15) is 0 Å². The van der Waals surface area contributed by atoms with E-state index in [1.807, 2.05) is 19.0 Å². The van der Waals surface area contributed by atoms with Gasteiger partial charge in [-0.2, -0.15) is 0 Å². The minimum atomic E-state index is 0.611. The standard InChI is InChI=1S/C3H8ClN/c1-5(2)3-4/h3H2,1-2H3. The lowest BCUT2D eigenvalue weighted by atomic mass is 11.0. The van der Waals surface area contributed by atoms with E-state index in [1.54, 1.807) is 0 Å². The lowest BCUT2D eigenvalue weighted by molar-refractivity contribution is 0.481. The maximum Gasteiger partial charge on any atom is 0.0733 e. The van der Waals surface area contributed by atoms with Gasteiger partial charge in [-0.1, -0.05) is 0 Å². The van der Waals surface area contributed by atoms with Crippen LogP contribution in [0.4, 0.5) is 0 Å². The quantitative estimate of drug-likeness (QED) is 0.342. The minimum Gasteiger partial charge on any atom is -0.296 e. The number of hydrogen-bond acceptors (Lipinski definition) is 1. The zero-order chi connectivity index (χ0) is 4.28. The number of hydrogen-bond donors (Lipinski definition) is 0. The molecule has 0 aromatic carbocycles. The lowest BCUT2D eigenvalue weighted by Gasteiger charge is -1.97. The van der Waals surface area contributed by atoms with Crippen molar-refractivity contribution < 1.29 is 0 Å². The van der Waals surface area contributed by atoms with E-state index in [-0.39, 0.29) is 0 Å². The molecule has 0 aliphatic rings. The van der Waals surface area contributed by atoms with Crippen molar-refractivity contribution in [1.82, 2.24) is 4.90 Å². The molecule has 1 nitrogen and oxygen atoms in total. The molecule has 0 aromatic heterocycles. The van der Waals surface area contributed by atoms with Crippen molar-refractivity contribution >= 4 is 11.6 Å². The summed E-state index contributed by atoms with van der Waals surface area (Å²) in [6.07, 6.45) is 0. The summed E-state index contributed by atoms with van der Waals surface area (Å²) in [5.41, 5.74) is 0. The fraction of sp³-hybridized carbons (Fsp3) is 1.00. The Morgan fingerprint density at radius 2 is 1.80 bits per heavy atom. The van der Waals surface area contributed by atoms with Gasteiger partial charge in [-0.05, 0) is 14.1 Å². The van der Waals surface area contributed by atoms with Gasteiger partial charge in [0.2, 0.25) is 0 Å². The summed E-state index contributed by atoms with van der Waals surface area (Å²) < 4.78 is 0. The fourth-order valence-electron chi connectivity index (χ4n) is 0. The molecule has 0 fully saturated rings. The second kappa shape index (κ2) is 2.49. The average molecular weight is 93.6 g/mol. The Morgan fingerprint density at radius 1 is 1.60 bits per heavy atom. The van der Waals surface area contributed by atoms with Gasteiger partial charge in [-0.3, -0.25) is 4.90 Å². The summed E-state index contributed by atoms with van der Waals surface area (Å²) in [6, 6.07) is 0.611. The Bertz CT molecular complexity index is 20.9. The van der Waals surface area contributed by atoms with Gasteiger partial charge in [0.05, 0.1) is 6.00 Å². The first-order valence-electron chi connectivity index (χ1n) is 1.48. The van der Waals surface area contributed by atoms with E-state index in [1.165, 1.54) is 0 Å². The fourth-order valence-corrected chi connectivity index (χ4v) is 0. The van der Waals surface area contributed by atoms with Crippen LogP contribution in [-0.4, -0.2) is 25.0 Å². The van der Waals surface area contributed by atoms with Crippen molar-refractivity contribution in [3.63, 3.8) is 0 Å². The number of rotatable bonds is 1. The second-order valence-corrected chi connectivity index (χ2v) is 1.44. The molecule has 0 saturated heterocycles. The molecule has 0 rings (SSSR count). The van der Waals surface area contributed by atoms with E-state index >= 15 is 0 Å². The van der Waals surface area contributed by atoms with Crippen molar-refractivity contribution in [2.45, 2.75) is 0 Å². The molecular formula is C3H8ClN. The van der Waals surface area contributed by atoms with Crippen LogP contribution in [0.2, 0.25) is 0 Å². The molecule has 0 amide bonds. The van der Waals surface area contributed by atoms with Gasteiger partial charge >= 0.3 is 0 Å². The van der Waals surface area contributed by atoms with Crippen molar-refractivity contribution in [2.75, 3.05) is 20.1 Å². The summed E-state index contributed by atoms with van der Waals surface area (Å²) in [4.78, 5) is 1.89. The smallest absolute Gasteiger partial charge is 0.0733 e. The van der Waals surface area contributed by atoms with E-state index in [9.17, 15) is 0 Å². The highest BCUT2D eigenvalue weighted by Crippen LogP contribution is 1.74. The Morgan fingerprint density at radius 3 is 1.80 bits per heavy atom. The Hall–Kier alpha value is 0.250. The minimum absolute atomic E-state index is 0.611. The van der Waals surface area contributed by atoms with Crippen molar-refractivity contribution in [1.29, 1.82) is 0 Å². The van der Waals surface area contributed by atoms with Crippen LogP contribution in [0.5, 0.6) is 0 Å². The van der Waals surface area contributed by atoms with Crippen LogP contribution in [0.15, 0.2) is 0 Å². The molecule has 0 heterocycles. The monoisotopic (exact) mass is 93.0 g/mol. The molecule has 0 saturated carbocycles. The number of nitrogens with zero attached hydrogens (tertiary/aromatic N) is 1. The molecule has 0 unspecified atom stereocenters. The van der Waals surface area contributed by atoms with E-state index in [0.717, 1.165) is 0 Å². The summed E-state index contributed by atoms with van der Waals surface area (Å²) in [6.45, 7) is 0. The molecule has 0 bridgehead atoms. The first-order chi connectivity index (χ1) is 2.27. The topological polar surface area (TPSA) is 3.24 Å². The summed E-state index contributed by atoms with van der Waals surface area (Å²) >= 11 is 5.26. The second-order valence-electron chi connectivity index (χ2n) is 1.20. The molecule has 0 spiro atoms. The molecule has 0 N–H and O–H groups in total. The highest BCUT2D eigenvalue weighted by atomic mass is 35.5. The van der Waals surface area contributed by atoms with Gasteiger partial charge in [0.25, 0.3) is 0 Å². The molecule has 32 valence electrons.